The van der Waals surface area contributed by atoms with E-state index >= 15 is 0 Å². The van der Waals surface area contributed by atoms with Gasteiger partial charge in [0, 0.05) is 63.3 Å². The highest BCUT2D eigenvalue weighted by molar-refractivity contribution is 7.89. The van der Waals surface area contributed by atoms with Gasteiger partial charge in [0.2, 0.25) is 5.03 Å². The monoisotopic (exact) mass is 481 g/mol. The molecule has 0 bridgehead atoms. The molecule has 2 fully saturated rings. The third-order valence-electron chi connectivity index (χ3n) is 5.89. The summed E-state index contributed by atoms with van der Waals surface area (Å²) in [6.07, 6.45) is 3.27. The number of anilines is 1. The van der Waals surface area contributed by atoms with Gasteiger partial charge < -0.3 is 15.0 Å². The van der Waals surface area contributed by atoms with Gasteiger partial charge in [0.25, 0.3) is 15.9 Å². The first kappa shape index (κ1) is 23.0. The fourth-order valence-electron chi connectivity index (χ4n) is 4.14. The van der Waals surface area contributed by atoms with E-state index in [1.165, 1.54) is 15.2 Å². The molecule has 0 aliphatic carbocycles. The van der Waals surface area contributed by atoms with Gasteiger partial charge in [0.15, 0.2) is 0 Å². The maximum absolute atomic E-state index is 13.4. The van der Waals surface area contributed by atoms with Gasteiger partial charge in [-0.15, -0.1) is 0 Å². The summed E-state index contributed by atoms with van der Waals surface area (Å²) < 4.78 is 35.0. The second kappa shape index (κ2) is 9.38. The van der Waals surface area contributed by atoms with Gasteiger partial charge in [-0.05, 0) is 37.5 Å². The average Bonchev–Trinajstić information content (AvgIpc) is 3.44. The van der Waals surface area contributed by atoms with Crippen molar-refractivity contribution in [2.75, 3.05) is 44.2 Å². The Morgan fingerprint density at radius 1 is 1.28 bits per heavy atom. The molecule has 174 valence electrons. The zero-order valence-electron chi connectivity index (χ0n) is 18.3. The highest BCUT2D eigenvalue weighted by atomic mass is 35.5. The van der Waals surface area contributed by atoms with Crippen LogP contribution in [0.25, 0.3) is 0 Å². The molecular weight excluding hydrogens is 454 g/mol. The number of hydrogen-bond donors (Lipinski definition) is 1. The number of amides is 1. The maximum Gasteiger partial charge on any atom is 0.263 e. The van der Waals surface area contributed by atoms with Crippen molar-refractivity contribution in [2.24, 2.45) is 7.05 Å². The summed E-state index contributed by atoms with van der Waals surface area (Å²) in [6.45, 7) is 4.67. The minimum absolute atomic E-state index is 0.0290. The minimum Gasteiger partial charge on any atom is -0.376 e. The molecule has 1 aromatic carbocycles. The highest BCUT2D eigenvalue weighted by Gasteiger charge is 2.35. The SMILES string of the molecule is Cc1ccc(Cl)cc1N1CCN(S(=O)(=O)c2nn(C)cc2C(=O)NCC2CCCO2)CC1. The van der Waals surface area contributed by atoms with Gasteiger partial charge in [-0.2, -0.15) is 9.40 Å². The molecule has 2 saturated heterocycles. The molecule has 3 heterocycles. The van der Waals surface area contributed by atoms with Crippen LogP contribution >= 0.6 is 11.6 Å². The molecule has 32 heavy (non-hydrogen) atoms. The normalized spacial score (nSPS) is 20.0. The summed E-state index contributed by atoms with van der Waals surface area (Å²) >= 11 is 6.14. The first-order chi connectivity index (χ1) is 15.3. The van der Waals surface area contributed by atoms with Gasteiger partial charge >= 0.3 is 0 Å². The molecule has 0 saturated carbocycles. The van der Waals surface area contributed by atoms with Gasteiger partial charge in [0.05, 0.1) is 11.7 Å². The molecule has 1 unspecified atom stereocenters. The predicted octanol–water partition coefficient (Wildman–Crippen LogP) is 1.80. The van der Waals surface area contributed by atoms with Crippen molar-refractivity contribution in [1.82, 2.24) is 19.4 Å². The minimum atomic E-state index is -3.92. The van der Waals surface area contributed by atoms with Crippen LogP contribution in [0, 0.1) is 6.92 Å². The van der Waals surface area contributed by atoms with E-state index in [4.69, 9.17) is 16.3 Å². The lowest BCUT2D eigenvalue weighted by atomic mass is 10.1. The lowest BCUT2D eigenvalue weighted by molar-refractivity contribution is 0.0855. The molecule has 0 spiro atoms. The van der Waals surface area contributed by atoms with Crippen molar-refractivity contribution in [2.45, 2.75) is 30.9 Å². The fraction of sp³-hybridized carbons (Fsp3) is 0.524. The number of carbonyl (C=O) groups excluding carboxylic acids is 1. The second-order valence-electron chi connectivity index (χ2n) is 8.19. The number of sulfonamides is 1. The molecule has 0 radical (unpaired) electrons. The summed E-state index contributed by atoms with van der Waals surface area (Å²) in [5.41, 5.74) is 2.14. The van der Waals surface area contributed by atoms with E-state index in [0.717, 1.165) is 24.1 Å². The number of aromatic nitrogens is 2. The largest absolute Gasteiger partial charge is 0.376 e. The standard InChI is InChI=1S/C21H28ClN5O4S/c1-15-5-6-16(22)12-19(15)26-7-9-27(10-8-26)32(29,30)21-18(14-25(2)24-21)20(28)23-13-17-4-3-11-31-17/h5-6,12,14,17H,3-4,7-11,13H2,1-2H3,(H,23,28). The Morgan fingerprint density at radius 3 is 2.72 bits per heavy atom. The Hall–Kier alpha value is -2.14. The molecule has 4 rings (SSSR count). The van der Waals surface area contributed by atoms with Gasteiger partial charge in [-0.3, -0.25) is 9.48 Å². The van der Waals surface area contributed by atoms with Crippen LogP contribution in [0.2, 0.25) is 5.02 Å². The van der Waals surface area contributed by atoms with Crippen LogP contribution in [-0.2, 0) is 21.8 Å². The molecule has 11 heteroatoms. The zero-order valence-corrected chi connectivity index (χ0v) is 19.8. The van der Waals surface area contributed by atoms with E-state index in [2.05, 4.69) is 15.3 Å². The number of carbonyl (C=O) groups is 1. The molecule has 1 aromatic heterocycles. The van der Waals surface area contributed by atoms with Crippen LogP contribution in [-0.4, -0.2) is 73.8 Å². The quantitative estimate of drug-likeness (QED) is 0.675. The van der Waals surface area contributed by atoms with Crippen LogP contribution in [0.3, 0.4) is 0 Å². The van der Waals surface area contributed by atoms with E-state index in [1.807, 2.05) is 25.1 Å². The molecule has 1 amide bonds. The summed E-state index contributed by atoms with van der Waals surface area (Å²) in [5, 5.41) is 7.35. The molecule has 9 nitrogen and oxygen atoms in total. The third kappa shape index (κ3) is 4.78. The number of aryl methyl sites for hydroxylation is 2. The number of halogens is 1. The first-order valence-electron chi connectivity index (χ1n) is 10.7. The van der Waals surface area contributed by atoms with Crippen molar-refractivity contribution in [3.63, 3.8) is 0 Å². The van der Waals surface area contributed by atoms with E-state index < -0.39 is 15.9 Å². The Morgan fingerprint density at radius 2 is 2.03 bits per heavy atom. The average molecular weight is 482 g/mol. The molecule has 2 aliphatic rings. The molecule has 2 aliphatic heterocycles. The van der Waals surface area contributed by atoms with E-state index in [0.29, 0.717) is 44.4 Å². The summed E-state index contributed by atoms with van der Waals surface area (Å²) in [4.78, 5) is 14.9. The number of benzene rings is 1. The van der Waals surface area contributed by atoms with Crippen molar-refractivity contribution in [3.05, 3.63) is 40.5 Å². The van der Waals surface area contributed by atoms with Crippen LogP contribution in [0.15, 0.2) is 29.4 Å². The lowest BCUT2D eigenvalue weighted by Crippen LogP contribution is -2.49. The van der Waals surface area contributed by atoms with Gasteiger partial charge in [-0.25, -0.2) is 8.42 Å². The van der Waals surface area contributed by atoms with E-state index in [-0.39, 0.29) is 16.7 Å². The number of nitrogens with one attached hydrogen (secondary N) is 1. The number of hydrogen-bond acceptors (Lipinski definition) is 6. The lowest BCUT2D eigenvalue weighted by Gasteiger charge is -2.35. The van der Waals surface area contributed by atoms with Crippen LogP contribution < -0.4 is 10.2 Å². The highest BCUT2D eigenvalue weighted by Crippen LogP contribution is 2.27. The Labute approximate surface area is 193 Å². The predicted molar refractivity (Wildman–Crippen MR) is 122 cm³/mol. The zero-order chi connectivity index (χ0) is 22.9. The number of nitrogens with zero attached hydrogens (tertiary/aromatic N) is 4. The van der Waals surface area contributed by atoms with E-state index in [1.54, 1.807) is 7.05 Å². The van der Waals surface area contributed by atoms with Crippen molar-refractivity contribution in [3.8, 4) is 0 Å². The fourth-order valence-corrected chi connectivity index (χ4v) is 5.85. The van der Waals surface area contributed by atoms with Crippen molar-refractivity contribution >= 4 is 33.2 Å². The number of rotatable bonds is 6. The first-order valence-corrected chi connectivity index (χ1v) is 12.5. The number of piperazine rings is 1. The summed E-state index contributed by atoms with van der Waals surface area (Å²) in [6, 6.07) is 5.69. The molecular formula is C21H28ClN5O4S. The smallest absolute Gasteiger partial charge is 0.263 e. The topological polar surface area (TPSA) is 96.8 Å². The van der Waals surface area contributed by atoms with E-state index in [9.17, 15) is 13.2 Å². The maximum atomic E-state index is 13.4. The van der Waals surface area contributed by atoms with Crippen molar-refractivity contribution < 1.29 is 17.9 Å². The summed E-state index contributed by atoms with van der Waals surface area (Å²) in [5.74, 6) is -0.458. The van der Waals surface area contributed by atoms with Crippen LogP contribution in [0.4, 0.5) is 5.69 Å². The number of ether oxygens (including phenoxy) is 1. The molecule has 2 aromatic rings. The molecule has 1 N–H and O–H groups in total. The third-order valence-corrected chi connectivity index (χ3v) is 7.96. The van der Waals surface area contributed by atoms with Crippen molar-refractivity contribution in [1.29, 1.82) is 0 Å². The van der Waals surface area contributed by atoms with Gasteiger partial charge in [0.1, 0.15) is 0 Å². The Bertz CT molecular complexity index is 1090. The summed E-state index contributed by atoms with van der Waals surface area (Å²) in [7, 11) is -2.31. The second-order valence-corrected chi connectivity index (χ2v) is 10.5. The Balaban J connectivity index is 1.47. The Kier molecular flexibility index (Phi) is 6.75. The van der Waals surface area contributed by atoms with Crippen LogP contribution in [0.1, 0.15) is 28.8 Å². The van der Waals surface area contributed by atoms with Crippen LogP contribution in [0.5, 0.6) is 0 Å². The molecule has 1 atom stereocenters. The van der Waals surface area contributed by atoms with Gasteiger partial charge in [-0.1, -0.05) is 17.7 Å².